The van der Waals surface area contributed by atoms with Crippen molar-refractivity contribution in [2.24, 2.45) is 5.92 Å². The van der Waals surface area contributed by atoms with E-state index >= 15 is 0 Å². The van der Waals surface area contributed by atoms with Crippen LogP contribution < -0.4 is 10.6 Å². The normalized spacial score (nSPS) is 21.8. The van der Waals surface area contributed by atoms with Crippen LogP contribution in [0.1, 0.15) is 38.5 Å². The van der Waals surface area contributed by atoms with Gasteiger partial charge in [0.1, 0.15) is 16.6 Å². The molecule has 1 amide bonds. The second-order valence-electron chi connectivity index (χ2n) is 9.71. The monoisotopic (exact) mass is 496 g/mol. The number of anilines is 1. The van der Waals surface area contributed by atoms with Crippen LogP contribution in [-0.4, -0.2) is 69.2 Å². The van der Waals surface area contributed by atoms with E-state index < -0.39 is 0 Å². The molecular formula is C26H33ClN6O2. The highest BCUT2D eigenvalue weighted by Gasteiger charge is 2.28. The molecule has 4 N–H and O–H groups in total. The van der Waals surface area contributed by atoms with Crippen LogP contribution in [0.5, 0.6) is 0 Å². The van der Waals surface area contributed by atoms with E-state index in [0.717, 1.165) is 79.6 Å². The number of nitrogens with zero attached hydrogens (tertiary/aromatic N) is 3. The zero-order valence-corrected chi connectivity index (χ0v) is 20.6. The van der Waals surface area contributed by atoms with Crippen molar-refractivity contribution < 1.29 is 9.90 Å². The Hall–Kier alpha value is -2.68. The molecule has 3 aromatic rings. The molecule has 1 saturated heterocycles. The van der Waals surface area contributed by atoms with Gasteiger partial charge < -0.3 is 25.6 Å². The second kappa shape index (κ2) is 10.9. The highest BCUT2D eigenvalue weighted by atomic mass is 35.5. The first-order chi connectivity index (χ1) is 17.1. The molecule has 186 valence electrons. The summed E-state index contributed by atoms with van der Waals surface area (Å²) in [6.07, 6.45) is 9.33. The Balaban J connectivity index is 1.14. The second-order valence-corrected chi connectivity index (χ2v) is 10.1. The number of carbonyl (C=O) groups excluding carboxylic acids is 1. The highest BCUT2D eigenvalue weighted by molar-refractivity contribution is 6.29. The van der Waals surface area contributed by atoms with Crippen molar-refractivity contribution in [3.05, 3.63) is 41.8 Å². The molecule has 0 spiro atoms. The van der Waals surface area contributed by atoms with Crippen LogP contribution in [-0.2, 0) is 4.79 Å². The fourth-order valence-corrected chi connectivity index (χ4v) is 5.60. The molecule has 1 aliphatic carbocycles. The number of pyridine rings is 2. The maximum absolute atomic E-state index is 12.8. The first-order valence-corrected chi connectivity index (χ1v) is 13.0. The topological polar surface area (TPSA) is 106 Å². The summed E-state index contributed by atoms with van der Waals surface area (Å²) in [7, 11) is 0. The number of H-pyrrole nitrogens is 1. The molecule has 0 radical (unpaired) electrons. The molecule has 1 saturated carbocycles. The van der Waals surface area contributed by atoms with Crippen LogP contribution in [0.15, 0.2) is 36.7 Å². The van der Waals surface area contributed by atoms with Crippen LogP contribution >= 0.6 is 11.6 Å². The fraction of sp³-hybridized carbons (Fsp3) is 0.500. The lowest BCUT2D eigenvalue weighted by Gasteiger charge is -2.33. The first-order valence-electron chi connectivity index (χ1n) is 12.6. The molecule has 0 aromatic carbocycles. The molecule has 5 rings (SSSR count). The number of carbonyl (C=O) groups is 1. The van der Waals surface area contributed by atoms with Crippen LogP contribution in [0.2, 0.25) is 5.15 Å². The molecule has 0 unspecified atom stereocenters. The smallest absolute Gasteiger partial charge is 0.223 e. The molecule has 8 nitrogen and oxygen atoms in total. The third-order valence-corrected chi connectivity index (χ3v) is 7.55. The van der Waals surface area contributed by atoms with Crippen LogP contribution in [0.25, 0.3) is 22.2 Å². The predicted molar refractivity (Wildman–Crippen MR) is 138 cm³/mol. The van der Waals surface area contributed by atoms with E-state index in [1.54, 1.807) is 6.20 Å². The van der Waals surface area contributed by atoms with Crippen LogP contribution in [0.4, 0.5) is 5.82 Å². The molecule has 35 heavy (non-hydrogen) atoms. The van der Waals surface area contributed by atoms with E-state index in [4.69, 9.17) is 16.7 Å². The Morgan fingerprint density at radius 3 is 2.69 bits per heavy atom. The first kappa shape index (κ1) is 24.0. The molecule has 0 atom stereocenters. The lowest BCUT2D eigenvalue weighted by Crippen LogP contribution is -2.46. The Bertz CT molecular complexity index is 1150. The average Bonchev–Trinajstić information content (AvgIpc) is 3.30. The summed E-state index contributed by atoms with van der Waals surface area (Å²) < 4.78 is 0. The molecule has 4 heterocycles. The Morgan fingerprint density at radius 1 is 1.14 bits per heavy atom. The van der Waals surface area contributed by atoms with Crippen molar-refractivity contribution in [1.82, 2.24) is 25.2 Å². The number of hydrogen-bond acceptors (Lipinski definition) is 6. The summed E-state index contributed by atoms with van der Waals surface area (Å²) in [6.45, 7) is 2.66. The number of aliphatic hydroxyl groups excluding tert-OH is 1. The average molecular weight is 497 g/mol. The third-order valence-electron chi connectivity index (χ3n) is 7.36. The van der Waals surface area contributed by atoms with Gasteiger partial charge in [-0.15, -0.1) is 0 Å². The van der Waals surface area contributed by atoms with Gasteiger partial charge in [-0.05, 0) is 81.4 Å². The van der Waals surface area contributed by atoms with E-state index in [1.165, 1.54) is 0 Å². The number of likely N-dealkylation sites (tertiary alicyclic amines) is 1. The van der Waals surface area contributed by atoms with E-state index in [2.05, 4.69) is 30.5 Å². The zero-order chi connectivity index (χ0) is 24.2. The van der Waals surface area contributed by atoms with Crippen molar-refractivity contribution >= 4 is 34.4 Å². The quantitative estimate of drug-likeness (QED) is 0.370. The van der Waals surface area contributed by atoms with Crippen molar-refractivity contribution in [2.75, 3.05) is 31.6 Å². The van der Waals surface area contributed by atoms with Gasteiger partial charge in [0.05, 0.1) is 6.61 Å². The predicted octanol–water partition coefficient (Wildman–Crippen LogP) is 3.82. The van der Waals surface area contributed by atoms with Crippen molar-refractivity contribution in [3.63, 3.8) is 0 Å². The Labute approximate surface area is 210 Å². The summed E-state index contributed by atoms with van der Waals surface area (Å²) in [5.41, 5.74) is 2.90. The number of hydrogen-bond donors (Lipinski definition) is 4. The summed E-state index contributed by atoms with van der Waals surface area (Å²) >= 11 is 6.38. The van der Waals surface area contributed by atoms with E-state index in [9.17, 15) is 4.79 Å². The number of nitrogens with one attached hydrogen (secondary N) is 3. The molecule has 0 bridgehead atoms. The fourth-order valence-electron chi connectivity index (χ4n) is 5.39. The molecule has 2 aliphatic rings. The summed E-state index contributed by atoms with van der Waals surface area (Å²) in [5.74, 6) is 1.06. The molecule has 9 heteroatoms. The van der Waals surface area contributed by atoms with E-state index in [0.29, 0.717) is 17.7 Å². The Kier molecular flexibility index (Phi) is 7.51. The van der Waals surface area contributed by atoms with Gasteiger partial charge in [-0.1, -0.05) is 11.6 Å². The number of rotatable bonds is 7. The lowest BCUT2D eigenvalue weighted by molar-refractivity contribution is -0.127. The van der Waals surface area contributed by atoms with Crippen molar-refractivity contribution in [1.29, 1.82) is 0 Å². The lowest BCUT2D eigenvalue weighted by atomic mass is 9.89. The van der Waals surface area contributed by atoms with Gasteiger partial charge in [0.15, 0.2) is 0 Å². The number of piperidine rings is 1. The molecule has 2 fully saturated rings. The van der Waals surface area contributed by atoms with Gasteiger partial charge in [-0.25, -0.2) is 9.97 Å². The van der Waals surface area contributed by atoms with Crippen molar-refractivity contribution in [3.8, 4) is 11.1 Å². The minimum absolute atomic E-state index is 0.0922. The van der Waals surface area contributed by atoms with Gasteiger partial charge in [0, 0.05) is 47.9 Å². The third kappa shape index (κ3) is 5.77. The van der Waals surface area contributed by atoms with Crippen LogP contribution in [0.3, 0.4) is 0 Å². The van der Waals surface area contributed by atoms with Gasteiger partial charge in [-0.2, -0.15) is 0 Å². The summed E-state index contributed by atoms with van der Waals surface area (Å²) in [4.78, 5) is 27.1. The number of aromatic nitrogens is 3. The number of amides is 1. The van der Waals surface area contributed by atoms with Crippen molar-refractivity contribution in [2.45, 2.75) is 50.6 Å². The van der Waals surface area contributed by atoms with Gasteiger partial charge in [0.2, 0.25) is 5.91 Å². The maximum Gasteiger partial charge on any atom is 0.223 e. The molecule has 1 aliphatic heterocycles. The van der Waals surface area contributed by atoms with E-state index in [-0.39, 0.29) is 24.5 Å². The standard InChI is InChI=1S/C26H33ClN6O2/c27-23-14-18(22-16-29-25-21(22)2-1-9-28-25)15-24(32-23)30-19-3-5-20(6-4-19)31-26(35)17-7-10-33(11-8-17)12-13-34/h1-2,9,14-17,19-20,34H,3-8,10-13H2,(H,28,29)(H,30,32)(H,31,35)/t19-,20-. The summed E-state index contributed by atoms with van der Waals surface area (Å²) in [5, 5.41) is 17.5. The van der Waals surface area contributed by atoms with Gasteiger partial charge >= 0.3 is 0 Å². The van der Waals surface area contributed by atoms with Gasteiger partial charge in [-0.3, -0.25) is 4.79 Å². The number of aliphatic hydroxyl groups is 1. The summed E-state index contributed by atoms with van der Waals surface area (Å²) in [6, 6.07) is 8.43. The largest absolute Gasteiger partial charge is 0.395 e. The Morgan fingerprint density at radius 2 is 1.91 bits per heavy atom. The SMILES string of the molecule is O=C(N[C@H]1CC[C@H](Nc2cc(-c3c[nH]c4ncccc34)cc(Cl)n2)CC1)C1CCN(CCO)CC1. The molecular weight excluding hydrogens is 464 g/mol. The zero-order valence-electron chi connectivity index (χ0n) is 19.8. The minimum atomic E-state index is 0.0922. The maximum atomic E-state index is 12.8. The number of fused-ring (bicyclic) bond motifs is 1. The number of β-amino-alcohol motifs (C(OH)–C–C–N with tert-alkyl or cyclic N) is 1. The molecule has 3 aromatic heterocycles. The van der Waals surface area contributed by atoms with Gasteiger partial charge in [0.25, 0.3) is 0 Å². The van der Waals surface area contributed by atoms with Crippen LogP contribution in [0, 0.1) is 5.92 Å². The minimum Gasteiger partial charge on any atom is -0.395 e. The van der Waals surface area contributed by atoms with E-state index in [1.807, 2.05) is 30.5 Å². The number of halogens is 1. The highest BCUT2D eigenvalue weighted by Crippen LogP contribution is 2.31. The number of aromatic amines is 1.